The molecule has 3 rings (SSSR count). The number of rotatable bonds is 3. The molecule has 4 nitrogen and oxygen atoms in total. The summed E-state index contributed by atoms with van der Waals surface area (Å²) in [4.78, 5) is 12.7. The highest BCUT2D eigenvalue weighted by atomic mass is 19.1. The molecule has 1 aliphatic heterocycles. The molecule has 106 valence electrons. The van der Waals surface area contributed by atoms with Crippen LogP contribution in [0.15, 0.2) is 23.9 Å². The van der Waals surface area contributed by atoms with Gasteiger partial charge >= 0.3 is 5.97 Å². The number of benzene rings is 1. The van der Waals surface area contributed by atoms with Crippen LogP contribution in [-0.4, -0.2) is 30.4 Å². The van der Waals surface area contributed by atoms with Crippen molar-refractivity contribution in [3.8, 4) is 5.75 Å². The number of carbonyl (C=O) groups is 1. The Bertz CT molecular complexity index is 615. The van der Waals surface area contributed by atoms with E-state index in [0.29, 0.717) is 17.7 Å². The maximum absolute atomic E-state index is 13.8. The van der Waals surface area contributed by atoms with Crippen molar-refractivity contribution in [2.45, 2.75) is 25.1 Å². The summed E-state index contributed by atoms with van der Waals surface area (Å²) in [6, 6.07) is 2.31. The fourth-order valence-electron chi connectivity index (χ4n) is 2.52. The molecule has 1 N–H and O–H groups in total. The lowest BCUT2D eigenvalue weighted by Crippen LogP contribution is -2.28. The lowest BCUT2D eigenvalue weighted by Gasteiger charge is -2.30. The number of hydrogen-bond donors (Lipinski definition) is 1. The number of nitrogens with zero attached hydrogens (tertiary/aromatic N) is 1. The maximum atomic E-state index is 13.8. The van der Waals surface area contributed by atoms with Crippen LogP contribution in [0.4, 0.5) is 14.5 Å². The second kappa shape index (κ2) is 4.47. The molecule has 1 aromatic rings. The third kappa shape index (κ3) is 1.92. The topological polar surface area (TPSA) is 49.8 Å². The van der Waals surface area contributed by atoms with Crippen LogP contribution in [0.3, 0.4) is 0 Å². The van der Waals surface area contributed by atoms with Crippen molar-refractivity contribution in [2.24, 2.45) is 0 Å². The molecule has 0 amide bonds. The van der Waals surface area contributed by atoms with Gasteiger partial charge in [0.15, 0.2) is 11.6 Å². The number of hydrogen-bond acceptors (Lipinski definition) is 3. The van der Waals surface area contributed by atoms with Gasteiger partial charge in [0.05, 0.1) is 24.4 Å². The summed E-state index contributed by atoms with van der Waals surface area (Å²) in [7, 11) is 1.34. The average molecular weight is 281 g/mol. The predicted molar refractivity (Wildman–Crippen MR) is 68.2 cm³/mol. The largest absolute Gasteiger partial charge is 0.492 e. The molecule has 1 aliphatic carbocycles. The Morgan fingerprint density at radius 2 is 2.20 bits per heavy atom. The maximum Gasteiger partial charge on any atom is 0.333 e. The molecular formula is C14H13F2NO3. The highest BCUT2D eigenvalue weighted by Gasteiger charge is 2.45. The van der Waals surface area contributed by atoms with E-state index < -0.39 is 24.0 Å². The SMILES string of the molecule is COc1c(F)ccc2c1N([C@@H]1C[C@@H]1F)C=C(C(=O)O)C2. The normalized spacial score (nSPS) is 23.9. The van der Waals surface area contributed by atoms with Gasteiger partial charge in [-0.15, -0.1) is 0 Å². The fraction of sp³-hybridized carbons (Fsp3) is 0.357. The van der Waals surface area contributed by atoms with Gasteiger partial charge < -0.3 is 14.7 Å². The molecule has 1 fully saturated rings. The van der Waals surface area contributed by atoms with E-state index in [2.05, 4.69) is 0 Å². The van der Waals surface area contributed by atoms with E-state index in [1.807, 2.05) is 0 Å². The highest BCUT2D eigenvalue weighted by Crippen LogP contribution is 2.45. The van der Waals surface area contributed by atoms with Crippen LogP contribution in [-0.2, 0) is 11.2 Å². The first-order chi connectivity index (χ1) is 9.52. The molecule has 0 aromatic heterocycles. The van der Waals surface area contributed by atoms with Gasteiger partial charge in [0.1, 0.15) is 6.17 Å². The highest BCUT2D eigenvalue weighted by molar-refractivity contribution is 5.90. The Labute approximate surface area is 114 Å². The van der Waals surface area contributed by atoms with Crippen molar-refractivity contribution < 1.29 is 23.4 Å². The first kappa shape index (κ1) is 12.9. The van der Waals surface area contributed by atoms with Gasteiger partial charge in [0.2, 0.25) is 0 Å². The van der Waals surface area contributed by atoms with Crippen LogP contribution >= 0.6 is 0 Å². The van der Waals surface area contributed by atoms with Crippen LogP contribution in [0.25, 0.3) is 0 Å². The molecular weight excluding hydrogens is 268 g/mol. The predicted octanol–water partition coefficient (Wildman–Crippen LogP) is 2.28. The molecule has 20 heavy (non-hydrogen) atoms. The summed E-state index contributed by atoms with van der Waals surface area (Å²) >= 11 is 0. The standard InChI is InChI=1S/C14H13F2NO3/c1-20-13-9(15)3-2-7-4-8(14(18)19)6-17(12(7)13)11-5-10(11)16/h2-3,6,10-11H,4-5H2,1H3,(H,18,19)/t10-,11+/m0/s1. The fourth-order valence-corrected chi connectivity index (χ4v) is 2.52. The zero-order valence-corrected chi connectivity index (χ0v) is 10.8. The van der Waals surface area contributed by atoms with Crippen molar-refractivity contribution in [1.29, 1.82) is 0 Å². The molecule has 2 atom stereocenters. The summed E-state index contributed by atoms with van der Waals surface area (Å²) in [5.41, 5.74) is 1.22. The summed E-state index contributed by atoms with van der Waals surface area (Å²) < 4.78 is 32.2. The first-order valence-corrected chi connectivity index (χ1v) is 6.24. The van der Waals surface area contributed by atoms with E-state index in [-0.39, 0.29) is 17.7 Å². The number of carboxylic acids is 1. The van der Waals surface area contributed by atoms with E-state index in [4.69, 9.17) is 9.84 Å². The van der Waals surface area contributed by atoms with E-state index in [1.54, 1.807) is 0 Å². The van der Waals surface area contributed by atoms with E-state index in [9.17, 15) is 13.6 Å². The van der Waals surface area contributed by atoms with Crippen LogP contribution in [0, 0.1) is 5.82 Å². The zero-order chi connectivity index (χ0) is 14.4. The number of fused-ring (bicyclic) bond motifs is 1. The smallest absolute Gasteiger partial charge is 0.333 e. The van der Waals surface area contributed by atoms with Crippen molar-refractivity contribution >= 4 is 11.7 Å². The molecule has 0 radical (unpaired) electrons. The number of anilines is 1. The number of halogens is 2. The number of carboxylic acid groups (broad SMARTS) is 1. The lowest BCUT2D eigenvalue weighted by atomic mass is 9.98. The van der Waals surface area contributed by atoms with Crippen molar-refractivity contribution in [3.05, 3.63) is 35.3 Å². The van der Waals surface area contributed by atoms with Gasteiger partial charge in [-0.05, 0) is 11.6 Å². The molecule has 0 bridgehead atoms. The third-order valence-corrected chi connectivity index (χ3v) is 3.62. The minimum atomic E-state index is -1.06. The molecule has 0 spiro atoms. The Morgan fingerprint density at radius 3 is 2.75 bits per heavy atom. The Hall–Kier alpha value is -2.11. The van der Waals surface area contributed by atoms with Gasteiger partial charge in [0.25, 0.3) is 0 Å². The van der Waals surface area contributed by atoms with Crippen LogP contribution in [0.5, 0.6) is 5.75 Å². The second-order valence-corrected chi connectivity index (χ2v) is 4.95. The number of alkyl halides is 1. The van der Waals surface area contributed by atoms with Crippen molar-refractivity contribution in [3.63, 3.8) is 0 Å². The molecule has 2 aliphatic rings. The third-order valence-electron chi connectivity index (χ3n) is 3.62. The lowest BCUT2D eigenvalue weighted by molar-refractivity contribution is -0.132. The van der Waals surface area contributed by atoms with Crippen LogP contribution in [0.1, 0.15) is 12.0 Å². The Kier molecular flexibility index (Phi) is 2.88. The monoisotopic (exact) mass is 281 g/mol. The van der Waals surface area contributed by atoms with E-state index >= 15 is 0 Å². The molecule has 0 unspecified atom stereocenters. The summed E-state index contributed by atoms with van der Waals surface area (Å²) in [5.74, 6) is -1.57. The van der Waals surface area contributed by atoms with Crippen LogP contribution < -0.4 is 9.64 Å². The van der Waals surface area contributed by atoms with E-state index in [0.717, 1.165) is 0 Å². The van der Waals surface area contributed by atoms with E-state index in [1.165, 1.54) is 30.3 Å². The van der Waals surface area contributed by atoms with Gasteiger partial charge in [-0.2, -0.15) is 0 Å². The van der Waals surface area contributed by atoms with Gasteiger partial charge in [-0.25, -0.2) is 13.6 Å². The molecule has 1 saturated carbocycles. The average Bonchev–Trinajstić information content (AvgIpc) is 3.14. The van der Waals surface area contributed by atoms with Gasteiger partial charge in [-0.1, -0.05) is 6.07 Å². The number of methoxy groups -OCH3 is 1. The Morgan fingerprint density at radius 1 is 1.50 bits per heavy atom. The molecule has 0 saturated heterocycles. The van der Waals surface area contributed by atoms with Crippen molar-refractivity contribution in [1.82, 2.24) is 0 Å². The molecule has 6 heteroatoms. The summed E-state index contributed by atoms with van der Waals surface area (Å²) in [6.07, 6.45) is 0.834. The first-order valence-electron chi connectivity index (χ1n) is 6.24. The van der Waals surface area contributed by atoms with Crippen LogP contribution in [0.2, 0.25) is 0 Å². The number of ether oxygens (including phenoxy) is 1. The minimum absolute atomic E-state index is 0.0299. The minimum Gasteiger partial charge on any atom is -0.492 e. The van der Waals surface area contributed by atoms with Gasteiger partial charge in [0, 0.05) is 19.0 Å². The quantitative estimate of drug-likeness (QED) is 0.923. The van der Waals surface area contributed by atoms with Gasteiger partial charge in [-0.3, -0.25) is 0 Å². The molecule has 1 aromatic carbocycles. The van der Waals surface area contributed by atoms with Crippen molar-refractivity contribution in [2.75, 3.05) is 12.0 Å². The second-order valence-electron chi connectivity index (χ2n) is 4.95. The summed E-state index contributed by atoms with van der Waals surface area (Å²) in [5, 5.41) is 9.14. The Balaban J connectivity index is 2.13. The summed E-state index contributed by atoms with van der Waals surface area (Å²) in [6.45, 7) is 0. The number of aliphatic carboxylic acids is 1. The zero-order valence-electron chi connectivity index (χ0n) is 10.8. The molecule has 1 heterocycles.